The Balaban J connectivity index is 1.96. The van der Waals surface area contributed by atoms with Gasteiger partial charge in [-0.15, -0.1) is 0 Å². The standard InChI is InChI=1S/C15H18FNO4/c16-13-3-1-11(2-4-13)9-12(15(19)20)10-14(18)17-5-7-21-8-6-17/h1-4,12H,5-10H2,(H,19,20). The third kappa shape index (κ3) is 4.53. The van der Waals surface area contributed by atoms with Gasteiger partial charge in [0.1, 0.15) is 5.82 Å². The van der Waals surface area contributed by atoms with E-state index in [0.717, 1.165) is 0 Å². The molecule has 1 N–H and O–H groups in total. The minimum atomic E-state index is -1.01. The molecule has 114 valence electrons. The van der Waals surface area contributed by atoms with Crippen LogP contribution < -0.4 is 0 Å². The highest BCUT2D eigenvalue weighted by Gasteiger charge is 2.25. The van der Waals surface area contributed by atoms with Crippen LogP contribution in [-0.4, -0.2) is 48.2 Å². The molecule has 1 atom stereocenters. The molecule has 0 aromatic heterocycles. The molecule has 2 rings (SSSR count). The lowest BCUT2D eigenvalue weighted by Gasteiger charge is -2.27. The van der Waals surface area contributed by atoms with Crippen LogP contribution >= 0.6 is 0 Å². The summed E-state index contributed by atoms with van der Waals surface area (Å²) in [7, 11) is 0. The number of carboxylic acid groups (broad SMARTS) is 1. The normalized spacial score (nSPS) is 16.5. The van der Waals surface area contributed by atoms with Crippen molar-refractivity contribution in [2.24, 2.45) is 5.92 Å². The summed E-state index contributed by atoms with van der Waals surface area (Å²) in [5.41, 5.74) is 0.707. The fourth-order valence-corrected chi connectivity index (χ4v) is 2.30. The molecule has 1 heterocycles. The number of carbonyl (C=O) groups is 2. The topological polar surface area (TPSA) is 66.8 Å². The minimum absolute atomic E-state index is 0.0489. The van der Waals surface area contributed by atoms with Gasteiger partial charge >= 0.3 is 5.97 Å². The van der Waals surface area contributed by atoms with Gasteiger partial charge in [-0.05, 0) is 24.1 Å². The van der Waals surface area contributed by atoms with Crippen molar-refractivity contribution in [3.8, 4) is 0 Å². The van der Waals surface area contributed by atoms with Crippen LogP contribution in [0, 0.1) is 11.7 Å². The van der Waals surface area contributed by atoms with Crippen molar-refractivity contribution >= 4 is 11.9 Å². The fraction of sp³-hybridized carbons (Fsp3) is 0.467. The minimum Gasteiger partial charge on any atom is -0.481 e. The molecule has 0 saturated carbocycles. The van der Waals surface area contributed by atoms with Crippen LogP contribution in [0.1, 0.15) is 12.0 Å². The summed E-state index contributed by atoms with van der Waals surface area (Å²) in [5.74, 6) is -2.35. The maximum atomic E-state index is 12.8. The number of aliphatic carboxylic acids is 1. The van der Waals surface area contributed by atoms with Gasteiger partial charge in [0.15, 0.2) is 0 Å². The number of hydrogen-bond acceptors (Lipinski definition) is 3. The molecule has 0 spiro atoms. The third-order valence-corrected chi connectivity index (χ3v) is 3.53. The van der Waals surface area contributed by atoms with E-state index in [1.165, 1.54) is 12.1 Å². The molecule has 6 heteroatoms. The van der Waals surface area contributed by atoms with E-state index in [1.54, 1.807) is 17.0 Å². The Morgan fingerprint density at radius 3 is 2.43 bits per heavy atom. The average Bonchev–Trinajstić information content (AvgIpc) is 2.49. The summed E-state index contributed by atoms with van der Waals surface area (Å²) < 4.78 is 18.0. The number of ether oxygens (including phenoxy) is 1. The smallest absolute Gasteiger partial charge is 0.307 e. The first-order valence-electron chi connectivity index (χ1n) is 6.89. The lowest BCUT2D eigenvalue weighted by molar-refractivity contribution is -0.147. The van der Waals surface area contributed by atoms with Gasteiger partial charge in [-0.25, -0.2) is 4.39 Å². The maximum Gasteiger partial charge on any atom is 0.307 e. The predicted molar refractivity (Wildman–Crippen MR) is 73.2 cm³/mol. The highest BCUT2D eigenvalue weighted by Crippen LogP contribution is 2.15. The first kappa shape index (κ1) is 15.4. The summed E-state index contributed by atoms with van der Waals surface area (Å²) in [6.45, 7) is 1.98. The summed E-state index contributed by atoms with van der Waals surface area (Å²) in [5, 5.41) is 9.27. The highest BCUT2D eigenvalue weighted by molar-refractivity contribution is 5.82. The van der Waals surface area contributed by atoms with Gasteiger partial charge in [0, 0.05) is 19.5 Å². The molecule has 1 aromatic rings. The molecular weight excluding hydrogens is 277 g/mol. The van der Waals surface area contributed by atoms with Crippen molar-refractivity contribution in [1.82, 2.24) is 4.90 Å². The number of amides is 1. The molecule has 1 saturated heterocycles. The van der Waals surface area contributed by atoms with E-state index in [1.807, 2.05) is 0 Å². The Morgan fingerprint density at radius 2 is 1.86 bits per heavy atom. The monoisotopic (exact) mass is 295 g/mol. The summed E-state index contributed by atoms with van der Waals surface area (Å²) >= 11 is 0. The number of carbonyl (C=O) groups excluding carboxylic acids is 1. The van der Waals surface area contributed by atoms with Gasteiger partial charge in [-0.2, -0.15) is 0 Å². The Labute approximate surface area is 122 Å². The third-order valence-electron chi connectivity index (χ3n) is 3.53. The second-order valence-electron chi connectivity index (χ2n) is 5.06. The molecular formula is C15H18FNO4. The first-order chi connectivity index (χ1) is 10.1. The molecule has 1 aromatic carbocycles. The van der Waals surface area contributed by atoms with E-state index in [4.69, 9.17) is 4.74 Å². The molecule has 5 nitrogen and oxygen atoms in total. The number of carboxylic acids is 1. The number of benzene rings is 1. The van der Waals surface area contributed by atoms with E-state index < -0.39 is 11.9 Å². The number of nitrogens with zero attached hydrogens (tertiary/aromatic N) is 1. The lowest BCUT2D eigenvalue weighted by Crippen LogP contribution is -2.42. The van der Waals surface area contributed by atoms with Crippen LogP contribution in [0.2, 0.25) is 0 Å². The predicted octanol–water partition coefficient (Wildman–Crippen LogP) is 1.32. The molecule has 1 amide bonds. The molecule has 0 bridgehead atoms. The van der Waals surface area contributed by atoms with E-state index >= 15 is 0 Å². The van der Waals surface area contributed by atoms with E-state index in [2.05, 4.69) is 0 Å². The van der Waals surface area contributed by atoms with Crippen molar-refractivity contribution in [3.63, 3.8) is 0 Å². The van der Waals surface area contributed by atoms with Crippen molar-refractivity contribution in [2.75, 3.05) is 26.3 Å². The molecule has 0 aliphatic carbocycles. The van der Waals surface area contributed by atoms with Gasteiger partial charge in [-0.3, -0.25) is 9.59 Å². The van der Waals surface area contributed by atoms with Gasteiger partial charge < -0.3 is 14.7 Å². The van der Waals surface area contributed by atoms with Crippen LogP contribution in [0.4, 0.5) is 4.39 Å². The summed E-state index contributed by atoms with van der Waals surface area (Å²) in [6, 6.07) is 5.67. The molecule has 1 unspecified atom stereocenters. The zero-order valence-electron chi connectivity index (χ0n) is 11.6. The Morgan fingerprint density at radius 1 is 1.24 bits per heavy atom. The highest BCUT2D eigenvalue weighted by atomic mass is 19.1. The van der Waals surface area contributed by atoms with Crippen LogP contribution in [0.25, 0.3) is 0 Å². The van der Waals surface area contributed by atoms with Gasteiger partial charge in [0.2, 0.25) is 5.91 Å². The van der Waals surface area contributed by atoms with Crippen molar-refractivity contribution in [3.05, 3.63) is 35.6 Å². The number of halogens is 1. The zero-order chi connectivity index (χ0) is 15.2. The van der Waals surface area contributed by atoms with E-state index in [0.29, 0.717) is 31.9 Å². The second kappa shape index (κ2) is 7.17. The van der Waals surface area contributed by atoms with Crippen LogP contribution in [-0.2, 0) is 20.7 Å². The quantitative estimate of drug-likeness (QED) is 0.889. The van der Waals surface area contributed by atoms with E-state index in [9.17, 15) is 19.1 Å². The fourth-order valence-electron chi connectivity index (χ4n) is 2.30. The number of hydrogen-bond donors (Lipinski definition) is 1. The Bertz CT molecular complexity index is 497. The Kier molecular flexibility index (Phi) is 5.27. The SMILES string of the molecule is O=C(O)C(CC(=O)N1CCOCC1)Cc1ccc(F)cc1. The zero-order valence-corrected chi connectivity index (χ0v) is 11.6. The van der Waals surface area contributed by atoms with E-state index in [-0.39, 0.29) is 24.6 Å². The summed E-state index contributed by atoms with van der Waals surface area (Å²) in [6.07, 6.45) is 0.165. The molecule has 1 fully saturated rings. The van der Waals surface area contributed by atoms with Gasteiger partial charge in [-0.1, -0.05) is 12.1 Å². The second-order valence-corrected chi connectivity index (χ2v) is 5.06. The largest absolute Gasteiger partial charge is 0.481 e. The van der Waals surface area contributed by atoms with Crippen molar-refractivity contribution < 1.29 is 23.8 Å². The molecule has 21 heavy (non-hydrogen) atoms. The molecule has 1 aliphatic rings. The molecule has 1 aliphatic heterocycles. The van der Waals surface area contributed by atoms with Crippen LogP contribution in [0.15, 0.2) is 24.3 Å². The lowest BCUT2D eigenvalue weighted by atomic mass is 9.95. The Hall–Kier alpha value is -1.95. The average molecular weight is 295 g/mol. The van der Waals surface area contributed by atoms with Gasteiger partial charge in [0.25, 0.3) is 0 Å². The van der Waals surface area contributed by atoms with Crippen molar-refractivity contribution in [1.29, 1.82) is 0 Å². The number of morpholine rings is 1. The first-order valence-corrected chi connectivity index (χ1v) is 6.89. The number of rotatable bonds is 5. The van der Waals surface area contributed by atoms with Crippen LogP contribution in [0.3, 0.4) is 0 Å². The molecule has 0 radical (unpaired) electrons. The van der Waals surface area contributed by atoms with Gasteiger partial charge in [0.05, 0.1) is 19.1 Å². The van der Waals surface area contributed by atoms with Crippen LogP contribution in [0.5, 0.6) is 0 Å². The van der Waals surface area contributed by atoms with Crippen molar-refractivity contribution in [2.45, 2.75) is 12.8 Å². The maximum absolute atomic E-state index is 12.8. The summed E-state index contributed by atoms with van der Waals surface area (Å²) in [4.78, 5) is 25.1.